The summed E-state index contributed by atoms with van der Waals surface area (Å²) < 4.78 is 27.5. The average molecular weight is 651 g/mol. The zero-order chi connectivity index (χ0) is 33.4. The molecule has 0 saturated carbocycles. The van der Waals surface area contributed by atoms with Crippen molar-refractivity contribution in [3.8, 4) is 0 Å². The van der Waals surface area contributed by atoms with E-state index in [1.165, 1.54) is 5.57 Å². The van der Waals surface area contributed by atoms with Crippen LogP contribution in [0.4, 0.5) is 15.5 Å². The SMILES string of the molecule is CC(C)=CCC/C(C)=C/CN1C(=O)[C@]2(O[C@H](CCO)[C@@H]([Si](C)(C)F)[C@@H]2C)c2cc(NC(=O)[C@H]3O[C@@H](O)[C@H](O)[C@@H](O)[C@@H]3O)ccc21. The molecule has 1 aromatic carbocycles. The van der Waals surface area contributed by atoms with Crippen LogP contribution in [0.15, 0.2) is 41.5 Å². The number of halogens is 1. The average Bonchev–Trinajstić information content (AvgIpc) is 3.38. The number of fused-ring (bicyclic) bond motifs is 2. The van der Waals surface area contributed by atoms with Crippen molar-refractivity contribution in [2.45, 2.75) is 108 Å². The summed E-state index contributed by atoms with van der Waals surface area (Å²) in [6, 6.07) is 4.81. The zero-order valence-corrected chi connectivity index (χ0v) is 27.7. The lowest BCUT2D eigenvalue weighted by Gasteiger charge is -2.37. The molecule has 45 heavy (non-hydrogen) atoms. The number of aliphatic hydroxyl groups is 5. The standard InChI is InChI=1S/C32H47FN2O9Si/c1-17(2)8-7-9-18(3)12-14-35-22-11-10-20(34-29(40)27-25(38)24(37)26(39)30(41)43-27)16-21(22)32(31(35)42)19(4)28(45(5,6)33)23(44-32)13-15-36/h8,10-12,16,19,23-28,30,36-39,41H,7,9,13-15H2,1-6H3,(H,34,40)/b18-12+/t19-,23+,24-,25-,26+,27-,28-,30+,32+/m0/s1. The monoisotopic (exact) mass is 650 g/mol. The van der Waals surface area contributed by atoms with E-state index in [1.807, 2.05) is 26.8 Å². The molecule has 1 aromatic rings. The molecule has 3 heterocycles. The highest BCUT2D eigenvalue weighted by molar-refractivity contribution is 6.72. The molecule has 250 valence electrons. The molecule has 6 N–H and O–H groups in total. The molecular formula is C32H47FN2O9Si. The summed E-state index contributed by atoms with van der Waals surface area (Å²) in [7, 11) is -3.41. The fourth-order valence-corrected chi connectivity index (χ4v) is 9.47. The van der Waals surface area contributed by atoms with Crippen LogP contribution in [0.3, 0.4) is 0 Å². The van der Waals surface area contributed by atoms with Crippen LogP contribution in [-0.2, 0) is 24.7 Å². The van der Waals surface area contributed by atoms with Crippen LogP contribution in [0.25, 0.3) is 0 Å². The molecule has 11 nitrogen and oxygen atoms in total. The molecule has 2 fully saturated rings. The maximum atomic E-state index is 15.9. The van der Waals surface area contributed by atoms with E-state index in [1.54, 1.807) is 43.1 Å². The number of amides is 2. The first-order valence-corrected chi connectivity index (χ1v) is 18.4. The molecule has 3 aliphatic heterocycles. The predicted molar refractivity (Wildman–Crippen MR) is 169 cm³/mol. The Labute approximate surface area is 264 Å². The number of carbonyl (C=O) groups excluding carboxylic acids is 2. The third kappa shape index (κ3) is 6.81. The predicted octanol–water partition coefficient (Wildman–Crippen LogP) is 2.62. The number of hydrogen-bond acceptors (Lipinski definition) is 9. The van der Waals surface area contributed by atoms with Gasteiger partial charge in [-0.25, -0.2) is 0 Å². The van der Waals surface area contributed by atoms with Crippen LogP contribution in [0.2, 0.25) is 18.6 Å². The van der Waals surface area contributed by atoms with E-state index in [0.29, 0.717) is 11.3 Å². The Kier molecular flexibility index (Phi) is 10.8. The van der Waals surface area contributed by atoms with Gasteiger partial charge in [0, 0.05) is 35.9 Å². The third-order valence-corrected chi connectivity index (χ3v) is 11.7. The van der Waals surface area contributed by atoms with Crippen molar-refractivity contribution >= 4 is 31.6 Å². The highest BCUT2D eigenvalue weighted by Gasteiger charge is 2.66. The molecule has 0 aliphatic carbocycles. The van der Waals surface area contributed by atoms with E-state index < -0.39 is 68.2 Å². The number of ether oxygens (including phenoxy) is 2. The lowest BCUT2D eigenvalue weighted by molar-refractivity contribution is -0.274. The molecule has 2 amide bonds. The van der Waals surface area contributed by atoms with E-state index in [2.05, 4.69) is 11.4 Å². The molecule has 0 bridgehead atoms. The highest BCUT2D eigenvalue weighted by Crippen LogP contribution is 2.60. The molecule has 0 aromatic heterocycles. The van der Waals surface area contributed by atoms with Crippen LogP contribution >= 0.6 is 0 Å². The third-order valence-electron chi connectivity index (χ3n) is 9.20. The van der Waals surface area contributed by atoms with E-state index in [0.717, 1.165) is 18.4 Å². The fraction of sp³-hybridized carbons (Fsp3) is 0.625. The minimum absolute atomic E-state index is 0.160. The van der Waals surface area contributed by atoms with Crippen molar-refractivity contribution in [2.24, 2.45) is 5.92 Å². The first-order chi connectivity index (χ1) is 21.0. The number of aliphatic hydroxyl groups excluding tert-OH is 5. The van der Waals surface area contributed by atoms with Gasteiger partial charge in [0.15, 0.2) is 18.0 Å². The number of anilines is 2. The van der Waals surface area contributed by atoms with Crippen LogP contribution in [0.5, 0.6) is 0 Å². The van der Waals surface area contributed by atoms with Gasteiger partial charge in [0.2, 0.25) is 8.41 Å². The van der Waals surface area contributed by atoms with Crippen molar-refractivity contribution in [2.75, 3.05) is 23.4 Å². The van der Waals surface area contributed by atoms with Gasteiger partial charge in [-0.3, -0.25) is 9.59 Å². The first kappa shape index (κ1) is 35.4. The largest absolute Gasteiger partial charge is 0.396 e. The maximum Gasteiger partial charge on any atom is 0.264 e. The normalized spacial score (nSPS) is 33.5. The van der Waals surface area contributed by atoms with Gasteiger partial charge in [-0.05, 0) is 71.3 Å². The summed E-state index contributed by atoms with van der Waals surface area (Å²) >= 11 is 0. The minimum atomic E-state index is -3.41. The maximum absolute atomic E-state index is 15.9. The van der Waals surface area contributed by atoms with Crippen molar-refractivity contribution in [3.05, 3.63) is 47.1 Å². The van der Waals surface area contributed by atoms with Crippen LogP contribution in [0.1, 0.15) is 52.5 Å². The van der Waals surface area contributed by atoms with Crippen molar-refractivity contribution in [3.63, 3.8) is 0 Å². The molecule has 3 aliphatic rings. The van der Waals surface area contributed by atoms with Gasteiger partial charge >= 0.3 is 0 Å². The molecule has 2 saturated heterocycles. The molecule has 1 spiro atoms. The number of allylic oxidation sites excluding steroid dienone is 3. The Morgan fingerprint density at radius 1 is 1.11 bits per heavy atom. The smallest absolute Gasteiger partial charge is 0.264 e. The van der Waals surface area contributed by atoms with E-state index in [4.69, 9.17) is 9.47 Å². The Morgan fingerprint density at radius 3 is 2.42 bits per heavy atom. The second kappa shape index (κ2) is 13.7. The van der Waals surface area contributed by atoms with E-state index in [-0.39, 0.29) is 31.2 Å². The van der Waals surface area contributed by atoms with Crippen molar-refractivity contribution in [1.82, 2.24) is 0 Å². The zero-order valence-electron chi connectivity index (χ0n) is 26.7. The molecule has 9 atom stereocenters. The summed E-state index contributed by atoms with van der Waals surface area (Å²) in [5.41, 5.74) is 1.35. The van der Waals surface area contributed by atoms with E-state index in [9.17, 15) is 35.1 Å². The van der Waals surface area contributed by atoms with Crippen LogP contribution in [0, 0.1) is 5.92 Å². The summed E-state index contributed by atoms with van der Waals surface area (Å²) in [5.74, 6) is -1.84. The van der Waals surface area contributed by atoms with Crippen LogP contribution < -0.4 is 10.2 Å². The summed E-state index contributed by atoms with van der Waals surface area (Å²) in [4.78, 5) is 29.2. The lowest BCUT2D eigenvalue weighted by atomic mass is 9.82. The Hall–Kier alpha value is -2.49. The minimum Gasteiger partial charge on any atom is -0.396 e. The second-order valence-electron chi connectivity index (χ2n) is 13.2. The number of nitrogens with one attached hydrogen (secondary N) is 1. The Morgan fingerprint density at radius 2 is 1.80 bits per heavy atom. The summed E-state index contributed by atoms with van der Waals surface area (Å²) in [6.45, 7) is 11.0. The molecule has 4 rings (SSSR count). The van der Waals surface area contributed by atoms with Gasteiger partial charge in [0.05, 0.1) is 11.8 Å². The molecule has 0 radical (unpaired) electrons. The highest BCUT2D eigenvalue weighted by atomic mass is 28.4. The Balaban J connectivity index is 1.72. The fourth-order valence-electron chi connectivity index (χ4n) is 6.93. The van der Waals surface area contributed by atoms with Gasteiger partial charge in [0.1, 0.15) is 18.3 Å². The van der Waals surface area contributed by atoms with Crippen LogP contribution in [-0.4, -0.2) is 95.7 Å². The first-order valence-electron chi connectivity index (χ1n) is 15.5. The van der Waals surface area contributed by atoms with Crippen molar-refractivity contribution < 1.29 is 48.7 Å². The van der Waals surface area contributed by atoms with E-state index >= 15 is 4.11 Å². The molecular weight excluding hydrogens is 603 g/mol. The number of carbonyl (C=O) groups is 2. The second-order valence-corrected chi connectivity index (χ2v) is 17.0. The number of hydrogen-bond donors (Lipinski definition) is 6. The lowest BCUT2D eigenvalue weighted by Crippen LogP contribution is -2.60. The number of rotatable bonds is 10. The number of benzene rings is 1. The topological polar surface area (TPSA) is 169 Å². The Bertz CT molecular complexity index is 1330. The van der Waals surface area contributed by atoms with Gasteiger partial charge in [-0.15, -0.1) is 0 Å². The summed E-state index contributed by atoms with van der Waals surface area (Å²) in [5, 5.41) is 52.4. The van der Waals surface area contributed by atoms with Gasteiger partial charge in [0.25, 0.3) is 11.8 Å². The number of nitrogens with zero attached hydrogens (tertiary/aromatic N) is 1. The molecule has 0 unspecified atom stereocenters. The quantitative estimate of drug-likeness (QED) is 0.127. The van der Waals surface area contributed by atoms with Crippen molar-refractivity contribution in [1.29, 1.82) is 0 Å². The summed E-state index contributed by atoms with van der Waals surface area (Å²) in [6.07, 6.45) is -3.74. The molecule has 13 heteroatoms. The van der Waals surface area contributed by atoms with Gasteiger partial charge < -0.3 is 49.3 Å². The van der Waals surface area contributed by atoms with Gasteiger partial charge in [-0.1, -0.05) is 30.2 Å². The van der Waals surface area contributed by atoms with Gasteiger partial charge in [-0.2, -0.15) is 0 Å².